The van der Waals surface area contributed by atoms with Gasteiger partial charge >= 0.3 is 0 Å². The molecular formula is C9H6FIN2. The van der Waals surface area contributed by atoms with Crippen LogP contribution in [0.15, 0.2) is 24.4 Å². The average Bonchev–Trinajstić information content (AvgIpc) is 2.12. The molecule has 2 aromatic rings. The minimum atomic E-state index is -0.337. The van der Waals surface area contributed by atoms with E-state index in [1.165, 1.54) is 12.3 Å². The Labute approximate surface area is 88.1 Å². The van der Waals surface area contributed by atoms with Gasteiger partial charge in [-0.2, -0.15) is 0 Å². The van der Waals surface area contributed by atoms with Gasteiger partial charge in [-0.15, -0.1) is 0 Å². The maximum Gasteiger partial charge on any atom is 0.142 e. The summed E-state index contributed by atoms with van der Waals surface area (Å²) in [6.45, 7) is 0. The summed E-state index contributed by atoms with van der Waals surface area (Å²) >= 11 is 2.09. The largest absolute Gasteiger partial charge is 0.398 e. The average molecular weight is 288 g/mol. The van der Waals surface area contributed by atoms with E-state index in [0.29, 0.717) is 5.69 Å². The first kappa shape index (κ1) is 8.68. The number of halogens is 2. The molecule has 2 rings (SSSR count). The number of nitrogens with two attached hydrogens (primary N) is 1. The van der Waals surface area contributed by atoms with E-state index in [1.807, 2.05) is 0 Å². The molecule has 2 N–H and O–H groups in total. The molecular weight excluding hydrogens is 282 g/mol. The Balaban J connectivity index is 2.89. The number of benzene rings is 1. The molecule has 1 aromatic heterocycles. The lowest BCUT2D eigenvalue weighted by molar-refractivity contribution is 0.624. The molecule has 0 unspecified atom stereocenters. The van der Waals surface area contributed by atoms with Crippen molar-refractivity contribution in [2.75, 3.05) is 5.73 Å². The lowest BCUT2D eigenvalue weighted by atomic mass is 10.2. The first-order chi connectivity index (χ1) is 6.18. The van der Waals surface area contributed by atoms with Crippen LogP contribution in [0.4, 0.5) is 10.1 Å². The Hall–Kier alpha value is -0.910. The van der Waals surface area contributed by atoms with Crippen LogP contribution < -0.4 is 5.73 Å². The summed E-state index contributed by atoms with van der Waals surface area (Å²) in [6, 6.07) is 5.00. The molecule has 2 nitrogen and oxygen atoms in total. The maximum atomic E-state index is 12.8. The molecule has 4 heteroatoms. The Morgan fingerprint density at radius 2 is 2.15 bits per heavy atom. The quantitative estimate of drug-likeness (QED) is 0.597. The predicted octanol–water partition coefficient (Wildman–Crippen LogP) is 2.56. The number of fused-ring (bicyclic) bond motifs is 1. The minimum absolute atomic E-state index is 0.337. The molecule has 66 valence electrons. The van der Waals surface area contributed by atoms with Gasteiger partial charge in [0.15, 0.2) is 0 Å². The number of hydrogen-bond donors (Lipinski definition) is 1. The van der Waals surface area contributed by atoms with E-state index in [9.17, 15) is 4.39 Å². The summed E-state index contributed by atoms with van der Waals surface area (Å²) < 4.78 is 13.7. The van der Waals surface area contributed by atoms with E-state index in [1.54, 1.807) is 12.1 Å². The smallest absolute Gasteiger partial charge is 0.142 e. The van der Waals surface area contributed by atoms with Gasteiger partial charge in [0.2, 0.25) is 0 Å². The molecule has 0 saturated heterocycles. The second-order valence-electron chi connectivity index (χ2n) is 2.69. The molecule has 0 aliphatic carbocycles. The van der Waals surface area contributed by atoms with Crippen LogP contribution in [-0.2, 0) is 0 Å². The van der Waals surface area contributed by atoms with Gasteiger partial charge in [0.1, 0.15) is 5.82 Å². The number of nitrogens with zero attached hydrogens (tertiary/aromatic N) is 1. The van der Waals surface area contributed by atoms with Gasteiger partial charge in [-0.1, -0.05) is 0 Å². The first-order valence-electron chi connectivity index (χ1n) is 3.68. The van der Waals surface area contributed by atoms with Crippen molar-refractivity contribution in [3.8, 4) is 0 Å². The van der Waals surface area contributed by atoms with Crippen LogP contribution >= 0.6 is 22.6 Å². The second-order valence-corrected chi connectivity index (χ2v) is 3.77. The van der Waals surface area contributed by atoms with Crippen LogP contribution in [0, 0.1) is 9.39 Å². The van der Waals surface area contributed by atoms with Crippen molar-refractivity contribution in [2.24, 2.45) is 0 Å². The number of aromatic nitrogens is 1. The molecule has 0 amide bonds. The van der Waals surface area contributed by atoms with Crippen LogP contribution in [0.25, 0.3) is 10.9 Å². The fourth-order valence-corrected chi connectivity index (χ4v) is 1.77. The minimum Gasteiger partial charge on any atom is -0.398 e. The van der Waals surface area contributed by atoms with E-state index in [-0.39, 0.29) is 5.82 Å². The molecule has 1 aromatic carbocycles. The molecule has 0 bridgehead atoms. The third-order valence-corrected chi connectivity index (χ3v) is 3.00. The van der Waals surface area contributed by atoms with Gasteiger partial charge in [-0.05, 0) is 40.8 Å². The molecule has 13 heavy (non-hydrogen) atoms. The van der Waals surface area contributed by atoms with E-state index < -0.39 is 0 Å². The van der Waals surface area contributed by atoms with Crippen molar-refractivity contribution >= 4 is 39.2 Å². The van der Waals surface area contributed by atoms with Gasteiger partial charge in [0, 0.05) is 14.6 Å². The normalized spacial score (nSPS) is 10.6. The molecule has 0 spiro atoms. The summed E-state index contributed by atoms with van der Waals surface area (Å²) in [7, 11) is 0. The number of nitrogen functional groups attached to an aromatic ring is 1. The zero-order chi connectivity index (χ0) is 9.42. The topological polar surface area (TPSA) is 38.9 Å². The first-order valence-corrected chi connectivity index (χ1v) is 4.75. The van der Waals surface area contributed by atoms with Crippen LogP contribution in [-0.4, -0.2) is 4.98 Å². The molecule has 0 fully saturated rings. The van der Waals surface area contributed by atoms with Crippen molar-refractivity contribution in [2.45, 2.75) is 0 Å². The van der Waals surface area contributed by atoms with Gasteiger partial charge in [-0.3, -0.25) is 4.98 Å². The number of pyridine rings is 1. The molecule has 0 aliphatic rings. The second kappa shape index (κ2) is 3.10. The van der Waals surface area contributed by atoms with Gasteiger partial charge in [0.25, 0.3) is 0 Å². The van der Waals surface area contributed by atoms with Crippen LogP contribution in [0.3, 0.4) is 0 Å². The highest BCUT2D eigenvalue weighted by Gasteiger charge is 2.03. The maximum absolute atomic E-state index is 12.8. The Bertz CT molecular complexity index is 465. The lowest BCUT2D eigenvalue weighted by Gasteiger charge is -2.02. The van der Waals surface area contributed by atoms with Crippen LogP contribution in [0.5, 0.6) is 0 Å². The fourth-order valence-electron chi connectivity index (χ4n) is 1.16. The zero-order valence-corrected chi connectivity index (χ0v) is 8.75. The predicted molar refractivity (Wildman–Crippen MR) is 58.8 cm³/mol. The number of anilines is 1. The SMILES string of the molecule is Nc1ccc2ncc(F)cc2c1I. The number of rotatable bonds is 0. The highest BCUT2D eigenvalue weighted by atomic mass is 127. The van der Waals surface area contributed by atoms with E-state index in [4.69, 9.17) is 5.73 Å². The van der Waals surface area contributed by atoms with E-state index >= 15 is 0 Å². The van der Waals surface area contributed by atoms with Crippen molar-refractivity contribution in [3.05, 3.63) is 33.8 Å². The summed E-state index contributed by atoms with van der Waals surface area (Å²) in [6.07, 6.45) is 1.20. The Kier molecular flexibility index (Phi) is 2.07. The summed E-state index contributed by atoms with van der Waals surface area (Å²) in [5.41, 5.74) is 7.10. The van der Waals surface area contributed by atoms with Crippen molar-refractivity contribution in [1.82, 2.24) is 4.98 Å². The van der Waals surface area contributed by atoms with Crippen LogP contribution in [0.1, 0.15) is 0 Å². The lowest BCUT2D eigenvalue weighted by Crippen LogP contribution is -1.91. The van der Waals surface area contributed by atoms with Crippen LogP contribution in [0.2, 0.25) is 0 Å². The van der Waals surface area contributed by atoms with E-state index in [2.05, 4.69) is 27.6 Å². The molecule has 1 heterocycles. The number of hydrogen-bond acceptors (Lipinski definition) is 2. The van der Waals surface area contributed by atoms with Gasteiger partial charge in [-0.25, -0.2) is 4.39 Å². The molecule has 0 atom stereocenters. The highest BCUT2D eigenvalue weighted by molar-refractivity contribution is 14.1. The Morgan fingerprint density at radius 1 is 1.38 bits per heavy atom. The standard InChI is InChI=1S/C9H6FIN2/c10-5-3-6-8(13-4-5)2-1-7(12)9(6)11/h1-4H,12H2. The van der Waals surface area contributed by atoms with Gasteiger partial charge < -0.3 is 5.73 Å². The monoisotopic (exact) mass is 288 g/mol. The van der Waals surface area contributed by atoms with Crippen molar-refractivity contribution in [1.29, 1.82) is 0 Å². The third-order valence-electron chi connectivity index (χ3n) is 1.80. The van der Waals surface area contributed by atoms with Crippen molar-refractivity contribution in [3.63, 3.8) is 0 Å². The molecule has 0 aliphatic heterocycles. The Morgan fingerprint density at radius 3 is 2.92 bits per heavy atom. The summed E-state index contributed by atoms with van der Waals surface area (Å²) in [5, 5.41) is 0.764. The third kappa shape index (κ3) is 1.46. The fraction of sp³-hybridized carbons (Fsp3) is 0. The highest BCUT2D eigenvalue weighted by Crippen LogP contribution is 2.24. The summed E-state index contributed by atoms with van der Waals surface area (Å²) in [4.78, 5) is 3.95. The van der Waals surface area contributed by atoms with Crippen molar-refractivity contribution < 1.29 is 4.39 Å². The zero-order valence-electron chi connectivity index (χ0n) is 6.59. The van der Waals surface area contributed by atoms with Gasteiger partial charge in [0.05, 0.1) is 11.7 Å². The molecule has 0 saturated carbocycles. The summed E-state index contributed by atoms with van der Waals surface area (Å²) in [5.74, 6) is -0.337. The molecule has 0 radical (unpaired) electrons. The van der Waals surface area contributed by atoms with E-state index in [0.717, 1.165) is 14.5 Å².